The molecular formula is C23H35N3O4S. The summed E-state index contributed by atoms with van der Waals surface area (Å²) in [6.07, 6.45) is 8.60. The number of hydrogen-bond acceptors (Lipinski definition) is 4. The molecule has 1 aromatic rings. The zero-order valence-corrected chi connectivity index (χ0v) is 19.9. The first-order valence-corrected chi connectivity index (χ1v) is 13.0. The van der Waals surface area contributed by atoms with Crippen LogP contribution in [0.15, 0.2) is 18.2 Å². The second-order valence-corrected chi connectivity index (χ2v) is 11.3. The molecule has 0 spiro atoms. The summed E-state index contributed by atoms with van der Waals surface area (Å²) in [5, 5.41) is 3.17. The molecule has 172 valence electrons. The number of benzene rings is 1. The number of nitrogens with zero attached hydrogens (tertiary/aromatic N) is 2. The summed E-state index contributed by atoms with van der Waals surface area (Å²) in [5.74, 6) is -0.679. The van der Waals surface area contributed by atoms with Gasteiger partial charge in [-0.2, -0.15) is 4.31 Å². The molecule has 1 heterocycles. The highest BCUT2D eigenvalue weighted by atomic mass is 32.2. The number of sulfonamides is 1. The van der Waals surface area contributed by atoms with Crippen molar-refractivity contribution in [3.05, 3.63) is 29.3 Å². The summed E-state index contributed by atoms with van der Waals surface area (Å²) in [7, 11) is -3.63. The van der Waals surface area contributed by atoms with Crippen molar-refractivity contribution in [2.24, 2.45) is 0 Å². The van der Waals surface area contributed by atoms with Crippen LogP contribution >= 0.6 is 0 Å². The normalized spacial score (nSPS) is 24.5. The van der Waals surface area contributed by atoms with Crippen LogP contribution in [0.3, 0.4) is 0 Å². The Bertz CT molecular complexity index is 938. The Hall–Kier alpha value is -1.93. The van der Waals surface area contributed by atoms with E-state index >= 15 is 0 Å². The Balaban J connectivity index is 1.98. The standard InChI is InChI=1S/C23H35N3O4S/c1-17-12-13-18(2)20(14-17)26-21(27)15-25(31(4,29)30)16-23(26,3)22(28)24-19-10-8-6-5-7-9-11-19/h12-14,19H,5-11,15-16H2,1-4H3,(H,24,28)/t23-/m1/s1. The Kier molecular flexibility index (Phi) is 7.11. The average Bonchev–Trinajstić information content (AvgIpc) is 2.65. The van der Waals surface area contributed by atoms with Gasteiger partial charge in [0.05, 0.1) is 12.8 Å². The van der Waals surface area contributed by atoms with E-state index in [9.17, 15) is 18.0 Å². The van der Waals surface area contributed by atoms with E-state index in [-0.39, 0.29) is 30.9 Å². The highest BCUT2D eigenvalue weighted by Gasteiger charge is 2.50. The molecule has 0 bridgehead atoms. The first-order valence-electron chi connectivity index (χ1n) is 11.2. The lowest BCUT2D eigenvalue weighted by atomic mass is 9.91. The van der Waals surface area contributed by atoms with Gasteiger partial charge in [-0.1, -0.05) is 44.2 Å². The van der Waals surface area contributed by atoms with Crippen LogP contribution in [-0.4, -0.2) is 55.5 Å². The summed E-state index contributed by atoms with van der Waals surface area (Å²) in [5.41, 5.74) is 1.17. The van der Waals surface area contributed by atoms with Crippen LogP contribution in [-0.2, 0) is 19.6 Å². The summed E-state index contributed by atoms with van der Waals surface area (Å²) in [6.45, 7) is 5.19. The lowest BCUT2D eigenvalue weighted by Crippen LogP contribution is -2.70. The molecule has 1 saturated carbocycles. The molecule has 0 aromatic heterocycles. The van der Waals surface area contributed by atoms with Crippen LogP contribution in [0.5, 0.6) is 0 Å². The number of rotatable bonds is 4. The molecule has 2 amide bonds. The van der Waals surface area contributed by atoms with E-state index in [1.165, 1.54) is 24.2 Å². The molecule has 3 rings (SSSR count). The number of amides is 2. The van der Waals surface area contributed by atoms with Gasteiger partial charge in [-0.3, -0.25) is 14.5 Å². The third-order valence-electron chi connectivity index (χ3n) is 6.54. The number of aryl methyl sites for hydroxylation is 2. The molecule has 1 saturated heterocycles. The largest absolute Gasteiger partial charge is 0.351 e. The van der Waals surface area contributed by atoms with Crippen LogP contribution in [0.1, 0.15) is 63.0 Å². The molecule has 1 atom stereocenters. The minimum absolute atomic E-state index is 0.0498. The van der Waals surface area contributed by atoms with Gasteiger partial charge in [0, 0.05) is 18.3 Å². The minimum atomic E-state index is -3.63. The number of anilines is 1. The summed E-state index contributed by atoms with van der Waals surface area (Å²) in [6, 6.07) is 5.83. The molecule has 1 aliphatic carbocycles. The Morgan fingerprint density at radius 2 is 1.71 bits per heavy atom. The van der Waals surface area contributed by atoms with Crippen LogP contribution in [0.25, 0.3) is 0 Å². The topological polar surface area (TPSA) is 86.8 Å². The van der Waals surface area contributed by atoms with Crippen molar-refractivity contribution in [3.63, 3.8) is 0 Å². The van der Waals surface area contributed by atoms with Crippen LogP contribution < -0.4 is 10.2 Å². The van der Waals surface area contributed by atoms with Crippen molar-refractivity contribution in [1.29, 1.82) is 0 Å². The fourth-order valence-corrected chi connectivity index (χ4v) is 5.51. The average molecular weight is 450 g/mol. The molecule has 0 radical (unpaired) electrons. The van der Waals surface area contributed by atoms with Crippen LogP contribution in [0.2, 0.25) is 0 Å². The van der Waals surface area contributed by atoms with Gasteiger partial charge in [0.25, 0.3) is 0 Å². The molecule has 0 unspecified atom stereocenters. The number of carbonyl (C=O) groups excluding carboxylic acids is 2. The van der Waals surface area contributed by atoms with E-state index < -0.39 is 15.6 Å². The zero-order chi connectivity index (χ0) is 22.8. The lowest BCUT2D eigenvalue weighted by Gasteiger charge is -2.47. The molecular weight excluding hydrogens is 414 g/mol. The molecule has 1 aromatic carbocycles. The maximum absolute atomic E-state index is 13.7. The number of hydrogen-bond donors (Lipinski definition) is 1. The molecule has 8 heteroatoms. The first-order chi connectivity index (χ1) is 14.5. The monoisotopic (exact) mass is 449 g/mol. The van der Waals surface area contributed by atoms with Crippen molar-refractivity contribution in [2.45, 2.75) is 77.3 Å². The maximum Gasteiger partial charge on any atom is 0.247 e. The van der Waals surface area contributed by atoms with Crippen molar-refractivity contribution in [3.8, 4) is 0 Å². The van der Waals surface area contributed by atoms with E-state index in [1.54, 1.807) is 6.92 Å². The van der Waals surface area contributed by atoms with Gasteiger partial charge in [-0.05, 0) is 50.8 Å². The molecule has 2 fully saturated rings. The molecule has 2 aliphatic rings. The van der Waals surface area contributed by atoms with Crippen molar-refractivity contribution in [1.82, 2.24) is 9.62 Å². The van der Waals surface area contributed by atoms with Gasteiger partial charge in [-0.15, -0.1) is 0 Å². The number of carbonyl (C=O) groups is 2. The smallest absolute Gasteiger partial charge is 0.247 e. The van der Waals surface area contributed by atoms with E-state index in [0.29, 0.717) is 5.69 Å². The van der Waals surface area contributed by atoms with Gasteiger partial charge in [0.1, 0.15) is 5.54 Å². The molecule has 1 aliphatic heterocycles. The Morgan fingerprint density at radius 1 is 1.10 bits per heavy atom. The Morgan fingerprint density at radius 3 is 2.32 bits per heavy atom. The minimum Gasteiger partial charge on any atom is -0.351 e. The van der Waals surface area contributed by atoms with Crippen molar-refractivity contribution >= 4 is 27.5 Å². The summed E-state index contributed by atoms with van der Waals surface area (Å²) >= 11 is 0. The van der Waals surface area contributed by atoms with Gasteiger partial charge in [0.2, 0.25) is 21.8 Å². The Labute approximate surface area is 186 Å². The fraction of sp³-hybridized carbons (Fsp3) is 0.652. The van der Waals surface area contributed by atoms with Gasteiger partial charge < -0.3 is 5.32 Å². The van der Waals surface area contributed by atoms with Crippen molar-refractivity contribution in [2.75, 3.05) is 24.2 Å². The van der Waals surface area contributed by atoms with Crippen molar-refractivity contribution < 1.29 is 18.0 Å². The quantitative estimate of drug-likeness (QED) is 0.766. The molecule has 1 N–H and O–H groups in total. The molecule has 7 nitrogen and oxygen atoms in total. The number of nitrogens with one attached hydrogen (secondary N) is 1. The van der Waals surface area contributed by atoms with Gasteiger partial charge in [-0.25, -0.2) is 8.42 Å². The summed E-state index contributed by atoms with van der Waals surface area (Å²) < 4.78 is 25.7. The van der Waals surface area contributed by atoms with E-state index in [0.717, 1.165) is 47.4 Å². The van der Waals surface area contributed by atoms with Gasteiger partial charge >= 0.3 is 0 Å². The third kappa shape index (κ3) is 5.29. The first kappa shape index (κ1) is 23.7. The predicted octanol–water partition coefficient (Wildman–Crippen LogP) is 2.90. The highest BCUT2D eigenvalue weighted by Crippen LogP contribution is 2.33. The fourth-order valence-electron chi connectivity index (χ4n) is 4.68. The predicted molar refractivity (Wildman–Crippen MR) is 122 cm³/mol. The second kappa shape index (κ2) is 9.28. The molecule has 31 heavy (non-hydrogen) atoms. The van der Waals surface area contributed by atoms with E-state index in [2.05, 4.69) is 5.32 Å². The van der Waals surface area contributed by atoms with E-state index in [4.69, 9.17) is 0 Å². The highest BCUT2D eigenvalue weighted by molar-refractivity contribution is 7.88. The van der Waals surface area contributed by atoms with Crippen LogP contribution in [0, 0.1) is 13.8 Å². The SMILES string of the molecule is Cc1ccc(C)c(N2C(=O)CN(S(C)(=O)=O)C[C@]2(C)C(=O)NC2CCCCCCC2)c1. The second-order valence-electron chi connectivity index (χ2n) is 9.34. The third-order valence-corrected chi connectivity index (χ3v) is 7.74. The van der Waals surface area contributed by atoms with E-state index in [1.807, 2.05) is 32.0 Å². The van der Waals surface area contributed by atoms with Crippen LogP contribution in [0.4, 0.5) is 5.69 Å². The summed E-state index contributed by atoms with van der Waals surface area (Å²) in [4.78, 5) is 28.4. The number of piperazine rings is 1. The van der Waals surface area contributed by atoms with Gasteiger partial charge in [0.15, 0.2) is 0 Å². The lowest BCUT2D eigenvalue weighted by molar-refractivity contribution is -0.133. The maximum atomic E-state index is 13.7. The zero-order valence-electron chi connectivity index (χ0n) is 19.1.